The molecule has 1 heterocycles. The highest BCUT2D eigenvalue weighted by molar-refractivity contribution is 6.04. The van der Waals surface area contributed by atoms with Crippen LogP contribution >= 0.6 is 0 Å². The minimum atomic E-state index is -0.581. The van der Waals surface area contributed by atoms with Crippen LogP contribution in [0.25, 0.3) is 10.8 Å². The summed E-state index contributed by atoms with van der Waals surface area (Å²) in [6.07, 6.45) is 0.0104. The normalized spacial score (nSPS) is 20.7. The van der Waals surface area contributed by atoms with E-state index < -0.39 is 17.9 Å². The average molecular weight is 311 g/mol. The standard InChI is InChI=1S/C17H17N3O3/c1-10-13(16(22)20-17(23)18-10)9-15(21)19-14-8-4-6-11-5-2-3-7-12(11)14/h2-8,10,13H,9H2,1H3,(H,19,21)(H2,18,20,22,23). The fourth-order valence-corrected chi connectivity index (χ4v) is 2.78. The number of urea groups is 1. The van der Waals surface area contributed by atoms with Crippen molar-refractivity contribution in [2.45, 2.75) is 19.4 Å². The topological polar surface area (TPSA) is 87.3 Å². The van der Waals surface area contributed by atoms with Crippen LogP contribution in [-0.2, 0) is 9.59 Å². The van der Waals surface area contributed by atoms with Gasteiger partial charge in [0.15, 0.2) is 0 Å². The molecule has 23 heavy (non-hydrogen) atoms. The first kappa shape index (κ1) is 15.0. The molecule has 0 aromatic heterocycles. The molecule has 1 saturated heterocycles. The van der Waals surface area contributed by atoms with Crippen molar-refractivity contribution < 1.29 is 14.4 Å². The molecule has 3 rings (SSSR count). The molecule has 2 aromatic rings. The number of anilines is 1. The molecule has 4 amide bonds. The molecule has 0 spiro atoms. The fourth-order valence-electron chi connectivity index (χ4n) is 2.78. The minimum absolute atomic E-state index is 0.0104. The number of imide groups is 1. The third-order valence-corrected chi connectivity index (χ3v) is 4.00. The third kappa shape index (κ3) is 3.15. The number of carbonyl (C=O) groups excluding carboxylic acids is 3. The smallest absolute Gasteiger partial charge is 0.321 e. The Hall–Kier alpha value is -2.89. The van der Waals surface area contributed by atoms with Crippen LogP contribution in [0.5, 0.6) is 0 Å². The predicted octanol–water partition coefficient (Wildman–Crippen LogP) is 2.01. The number of hydrogen-bond donors (Lipinski definition) is 3. The first-order valence-corrected chi connectivity index (χ1v) is 7.43. The van der Waals surface area contributed by atoms with Crippen molar-refractivity contribution in [3.05, 3.63) is 42.5 Å². The third-order valence-electron chi connectivity index (χ3n) is 4.00. The van der Waals surface area contributed by atoms with E-state index in [-0.39, 0.29) is 18.4 Å². The molecule has 118 valence electrons. The Labute approximate surface area is 133 Å². The summed E-state index contributed by atoms with van der Waals surface area (Å²) in [4.78, 5) is 35.4. The molecule has 3 N–H and O–H groups in total. The van der Waals surface area contributed by atoms with E-state index in [2.05, 4.69) is 16.0 Å². The molecule has 0 saturated carbocycles. The van der Waals surface area contributed by atoms with E-state index in [1.165, 1.54) is 0 Å². The average Bonchev–Trinajstić information content (AvgIpc) is 2.51. The first-order valence-electron chi connectivity index (χ1n) is 7.43. The maximum atomic E-state index is 12.3. The highest BCUT2D eigenvalue weighted by atomic mass is 16.2. The van der Waals surface area contributed by atoms with Crippen LogP contribution in [-0.4, -0.2) is 23.9 Å². The van der Waals surface area contributed by atoms with E-state index in [4.69, 9.17) is 0 Å². The second-order valence-electron chi connectivity index (χ2n) is 5.64. The summed E-state index contributed by atoms with van der Waals surface area (Å²) in [6.45, 7) is 1.71. The van der Waals surface area contributed by atoms with Gasteiger partial charge in [0.2, 0.25) is 11.8 Å². The Morgan fingerprint density at radius 2 is 1.87 bits per heavy atom. The molecular weight excluding hydrogens is 294 g/mol. The Morgan fingerprint density at radius 1 is 1.13 bits per heavy atom. The van der Waals surface area contributed by atoms with Crippen molar-refractivity contribution in [2.24, 2.45) is 5.92 Å². The number of carbonyl (C=O) groups is 3. The van der Waals surface area contributed by atoms with Crippen molar-refractivity contribution in [1.29, 1.82) is 0 Å². The monoisotopic (exact) mass is 311 g/mol. The lowest BCUT2D eigenvalue weighted by atomic mass is 9.94. The molecule has 0 aliphatic carbocycles. The van der Waals surface area contributed by atoms with Gasteiger partial charge in [0.05, 0.1) is 5.92 Å². The maximum Gasteiger partial charge on any atom is 0.321 e. The Kier molecular flexibility index (Phi) is 3.97. The van der Waals surface area contributed by atoms with Crippen LogP contribution in [0, 0.1) is 5.92 Å². The number of hydrogen-bond acceptors (Lipinski definition) is 3. The van der Waals surface area contributed by atoms with Gasteiger partial charge in [-0.1, -0.05) is 36.4 Å². The molecule has 1 aliphatic heterocycles. The largest absolute Gasteiger partial charge is 0.335 e. The summed E-state index contributed by atoms with van der Waals surface area (Å²) in [5.74, 6) is -1.26. The number of benzene rings is 2. The van der Waals surface area contributed by atoms with Crippen LogP contribution in [0.2, 0.25) is 0 Å². The van der Waals surface area contributed by atoms with Crippen molar-refractivity contribution in [1.82, 2.24) is 10.6 Å². The summed E-state index contributed by atoms with van der Waals surface area (Å²) >= 11 is 0. The number of rotatable bonds is 3. The summed E-state index contributed by atoms with van der Waals surface area (Å²) in [5.41, 5.74) is 0.709. The van der Waals surface area contributed by atoms with Crippen molar-refractivity contribution >= 4 is 34.3 Å². The SMILES string of the molecule is CC1NC(=O)NC(=O)C1CC(=O)Nc1cccc2ccccc12. The van der Waals surface area contributed by atoms with Crippen LogP contribution in [0.1, 0.15) is 13.3 Å². The molecule has 1 fully saturated rings. The van der Waals surface area contributed by atoms with Gasteiger partial charge >= 0.3 is 6.03 Å². The van der Waals surface area contributed by atoms with Gasteiger partial charge in [-0.15, -0.1) is 0 Å². The molecule has 1 aliphatic rings. The van der Waals surface area contributed by atoms with E-state index in [0.29, 0.717) is 5.69 Å². The summed E-state index contributed by atoms with van der Waals surface area (Å²) in [7, 11) is 0. The molecule has 6 heteroatoms. The number of nitrogens with one attached hydrogen (secondary N) is 3. The quantitative estimate of drug-likeness (QED) is 0.810. The highest BCUT2D eigenvalue weighted by Gasteiger charge is 2.34. The van der Waals surface area contributed by atoms with Crippen molar-refractivity contribution in [3.8, 4) is 0 Å². The lowest BCUT2D eigenvalue weighted by Crippen LogP contribution is -2.57. The minimum Gasteiger partial charge on any atom is -0.335 e. The number of amides is 4. The van der Waals surface area contributed by atoms with E-state index >= 15 is 0 Å². The molecule has 2 atom stereocenters. The fraction of sp³-hybridized carbons (Fsp3) is 0.235. The van der Waals surface area contributed by atoms with Gasteiger partial charge in [-0.3, -0.25) is 14.9 Å². The number of fused-ring (bicyclic) bond motifs is 1. The molecule has 0 radical (unpaired) electrons. The van der Waals surface area contributed by atoms with E-state index in [9.17, 15) is 14.4 Å². The Balaban J connectivity index is 1.74. The lowest BCUT2D eigenvalue weighted by molar-refractivity contribution is -0.129. The summed E-state index contributed by atoms with van der Waals surface area (Å²) in [5, 5.41) is 9.62. The van der Waals surface area contributed by atoms with Gasteiger partial charge < -0.3 is 10.6 Å². The van der Waals surface area contributed by atoms with Crippen LogP contribution in [0.3, 0.4) is 0 Å². The van der Waals surface area contributed by atoms with Gasteiger partial charge in [-0.25, -0.2) is 4.79 Å². The van der Waals surface area contributed by atoms with Gasteiger partial charge in [-0.05, 0) is 18.4 Å². The van der Waals surface area contributed by atoms with Crippen LogP contribution in [0.15, 0.2) is 42.5 Å². The first-order chi connectivity index (χ1) is 11.0. The van der Waals surface area contributed by atoms with Crippen LogP contribution < -0.4 is 16.0 Å². The van der Waals surface area contributed by atoms with Gasteiger partial charge in [0.1, 0.15) is 0 Å². The molecular formula is C17H17N3O3. The highest BCUT2D eigenvalue weighted by Crippen LogP contribution is 2.23. The van der Waals surface area contributed by atoms with Crippen molar-refractivity contribution in [2.75, 3.05) is 5.32 Å². The zero-order valence-corrected chi connectivity index (χ0v) is 12.6. The Morgan fingerprint density at radius 3 is 2.65 bits per heavy atom. The summed E-state index contributed by atoms with van der Waals surface area (Å²) < 4.78 is 0. The molecule has 2 aromatic carbocycles. The zero-order chi connectivity index (χ0) is 16.4. The lowest BCUT2D eigenvalue weighted by Gasteiger charge is -2.28. The molecule has 0 bridgehead atoms. The second kappa shape index (κ2) is 6.08. The van der Waals surface area contributed by atoms with Crippen molar-refractivity contribution in [3.63, 3.8) is 0 Å². The zero-order valence-electron chi connectivity index (χ0n) is 12.6. The van der Waals surface area contributed by atoms with Gasteiger partial charge in [-0.2, -0.15) is 0 Å². The molecule has 2 unspecified atom stereocenters. The summed E-state index contributed by atoms with van der Waals surface area (Å²) in [6, 6.07) is 12.5. The Bertz CT molecular complexity index is 782. The van der Waals surface area contributed by atoms with E-state index in [0.717, 1.165) is 10.8 Å². The second-order valence-corrected chi connectivity index (χ2v) is 5.64. The van der Waals surface area contributed by atoms with Crippen LogP contribution in [0.4, 0.5) is 10.5 Å². The molecule has 6 nitrogen and oxygen atoms in total. The van der Waals surface area contributed by atoms with E-state index in [1.54, 1.807) is 6.92 Å². The maximum absolute atomic E-state index is 12.3. The van der Waals surface area contributed by atoms with E-state index in [1.807, 2.05) is 42.5 Å². The van der Waals surface area contributed by atoms with Gasteiger partial charge in [0.25, 0.3) is 0 Å². The predicted molar refractivity (Wildman–Crippen MR) is 86.8 cm³/mol. The van der Waals surface area contributed by atoms with Gasteiger partial charge in [0, 0.05) is 23.5 Å².